The molecule has 1 saturated carbocycles. The van der Waals surface area contributed by atoms with Crippen molar-refractivity contribution in [2.24, 2.45) is 10.8 Å². The van der Waals surface area contributed by atoms with Crippen LogP contribution >= 0.6 is 0 Å². The smallest absolute Gasteiger partial charge is 0.00663 e. The molecule has 1 unspecified atom stereocenters. The van der Waals surface area contributed by atoms with Crippen LogP contribution in [0, 0.1) is 10.8 Å². The Balaban J connectivity index is 2.89. The predicted octanol–water partition coefficient (Wildman–Crippen LogP) is 5.10. The highest BCUT2D eigenvalue weighted by atomic mass is 15.1. The van der Waals surface area contributed by atoms with Gasteiger partial charge in [-0.3, -0.25) is 0 Å². The normalized spacial score (nSPS) is 20.8. The standard InChI is InChI=1S/C17H35N/c1-7-11-16(8-2,9-3)17(12-10-13-17)14-15(4)18(5)6/h15H,7-14H2,1-6H3. The summed E-state index contributed by atoms with van der Waals surface area (Å²) in [6.07, 6.45) is 11.3. The maximum absolute atomic E-state index is 2.43. The molecule has 0 bridgehead atoms. The van der Waals surface area contributed by atoms with Gasteiger partial charge in [-0.15, -0.1) is 0 Å². The molecule has 1 nitrogen and oxygen atoms in total. The van der Waals surface area contributed by atoms with E-state index >= 15 is 0 Å². The van der Waals surface area contributed by atoms with E-state index in [1.165, 1.54) is 51.4 Å². The zero-order valence-corrected chi connectivity index (χ0v) is 13.7. The van der Waals surface area contributed by atoms with Gasteiger partial charge in [0, 0.05) is 6.04 Å². The third-order valence-electron chi connectivity index (χ3n) is 6.09. The van der Waals surface area contributed by atoms with Crippen LogP contribution in [0.4, 0.5) is 0 Å². The summed E-state index contributed by atoms with van der Waals surface area (Å²) in [6.45, 7) is 9.63. The average Bonchev–Trinajstić information content (AvgIpc) is 2.30. The second-order valence-corrected chi connectivity index (χ2v) is 6.89. The van der Waals surface area contributed by atoms with Crippen molar-refractivity contribution in [1.82, 2.24) is 4.90 Å². The van der Waals surface area contributed by atoms with Crippen molar-refractivity contribution in [2.75, 3.05) is 14.1 Å². The minimum Gasteiger partial charge on any atom is -0.307 e. The summed E-state index contributed by atoms with van der Waals surface area (Å²) in [4.78, 5) is 2.40. The fourth-order valence-corrected chi connectivity index (χ4v) is 4.40. The van der Waals surface area contributed by atoms with Gasteiger partial charge in [-0.05, 0) is 70.4 Å². The van der Waals surface area contributed by atoms with E-state index in [1.807, 2.05) is 0 Å². The van der Waals surface area contributed by atoms with Gasteiger partial charge in [0.25, 0.3) is 0 Å². The van der Waals surface area contributed by atoms with Gasteiger partial charge in [0.15, 0.2) is 0 Å². The number of rotatable bonds is 8. The lowest BCUT2D eigenvalue weighted by Crippen LogP contribution is -2.49. The van der Waals surface area contributed by atoms with Gasteiger partial charge in [-0.25, -0.2) is 0 Å². The number of nitrogens with zero attached hydrogens (tertiary/aromatic N) is 1. The van der Waals surface area contributed by atoms with E-state index in [1.54, 1.807) is 0 Å². The van der Waals surface area contributed by atoms with E-state index in [2.05, 4.69) is 46.7 Å². The molecule has 0 heterocycles. The van der Waals surface area contributed by atoms with E-state index in [9.17, 15) is 0 Å². The monoisotopic (exact) mass is 253 g/mol. The first-order chi connectivity index (χ1) is 8.47. The molecule has 1 heteroatoms. The van der Waals surface area contributed by atoms with Crippen molar-refractivity contribution in [3.8, 4) is 0 Å². The maximum Gasteiger partial charge on any atom is 0.00663 e. The molecule has 1 rings (SSSR count). The fraction of sp³-hybridized carbons (Fsp3) is 1.00. The molecule has 0 amide bonds. The number of hydrogen-bond acceptors (Lipinski definition) is 1. The third kappa shape index (κ3) is 2.76. The van der Waals surface area contributed by atoms with Gasteiger partial charge in [0.1, 0.15) is 0 Å². The van der Waals surface area contributed by atoms with E-state index in [4.69, 9.17) is 0 Å². The molecule has 108 valence electrons. The predicted molar refractivity (Wildman–Crippen MR) is 82.0 cm³/mol. The molecule has 1 fully saturated rings. The van der Waals surface area contributed by atoms with Gasteiger partial charge in [-0.2, -0.15) is 0 Å². The van der Waals surface area contributed by atoms with Gasteiger partial charge in [0.2, 0.25) is 0 Å². The molecule has 0 N–H and O–H groups in total. The van der Waals surface area contributed by atoms with Gasteiger partial charge < -0.3 is 4.90 Å². The Morgan fingerprint density at radius 3 is 1.94 bits per heavy atom. The summed E-state index contributed by atoms with van der Waals surface area (Å²) in [5.74, 6) is 0. The first-order valence-corrected chi connectivity index (χ1v) is 8.13. The first kappa shape index (κ1) is 16.0. The second kappa shape index (κ2) is 6.41. The Hall–Kier alpha value is -0.0400. The molecule has 18 heavy (non-hydrogen) atoms. The van der Waals surface area contributed by atoms with Crippen LogP contribution in [0.5, 0.6) is 0 Å². The van der Waals surface area contributed by atoms with E-state index < -0.39 is 0 Å². The first-order valence-electron chi connectivity index (χ1n) is 8.13. The molecule has 0 aromatic carbocycles. The molecular formula is C17H35N. The van der Waals surface area contributed by atoms with Gasteiger partial charge in [0.05, 0.1) is 0 Å². The molecule has 0 saturated heterocycles. The Labute approximate surface area is 115 Å². The van der Waals surface area contributed by atoms with Crippen molar-refractivity contribution in [3.05, 3.63) is 0 Å². The van der Waals surface area contributed by atoms with E-state index in [0.717, 1.165) is 6.04 Å². The van der Waals surface area contributed by atoms with Crippen LogP contribution in [0.3, 0.4) is 0 Å². The van der Waals surface area contributed by atoms with Crippen molar-refractivity contribution >= 4 is 0 Å². The molecule has 1 aliphatic rings. The van der Waals surface area contributed by atoms with Crippen molar-refractivity contribution in [1.29, 1.82) is 0 Å². The molecule has 0 aromatic heterocycles. The summed E-state index contributed by atoms with van der Waals surface area (Å²) in [5, 5.41) is 0. The lowest BCUT2D eigenvalue weighted by Gasteiger charge is -2.58. The zero-order valence-electron chi connectivity index (χ0n) is 13.7. The minimum absolute atomic E-state index is 0.615. The minimum atomic E-state index is 0.615. The quantitative estimate of drug-likeness (QED) is 0.581. The van der Waals surface area contributed by atoms with Crippen LogP contribution in [0.25, 0.3) is 0 Å². The lowest BCUT2D eigenvalue weighted by molar-refractivity contribution is -0.0748. The summed E-state index contributed by atoms with van der Waals surface area (Å²) >= 11 is 0. The van der Waals surface area contributed by atoms with Crippen molar-refractivity contribution in [2.45, 2.75) is 85.1 Å². The van der Waals surface area contributed by atoms with E-state index in [0.29, 0.717) is 10.8 Å². The fourth-order valence-electron chi connectivity index (χ4n) is 4.40. The van der Waals surface area contributed by atoms with Crippen LogP contribution in [0.15, 0.2) is 0 Å². The van der Waals surface area contributed by atoms with Crippen molar-refractivity contribution in [3.63, 3.8) is 0 Å². The van der Waals surface area contributed by atoms with E-state index in [-0.39, 0.29) is 0 Å². The Morgan fingerprint density at radius 1 is 1.11 bits per heavy atom. The average molecular weight is 253 g/mol. The molecule has 1 atom stereocenters. The van der Waals surface area contributed by atoms with Crippen LogP contribution in [-0.4, -0.2) is 25.0 Å². The molecule has 0 radical (unpaired) electrons. The molecule has 0 aliphatic heterocycles. The zero-order chi connectivity index (χ0) is 13.8. The summed E-state index contributed by atoms with van der Waals surface area (Å²) in [7, 11) is 4.47. The summed E-state index contributed by atoms with van der Waals surface area (Å²) in [6, 6.07) is 0.722. The van der Waals surface area contributed by atoms with Gasteiger partial charge in [-0.1, -0.05) is 33.6 Å². The highest BCUT2D eigenvalue weighted by molar-refractivity contribution is 5.03. The summed E-state index contributed by atoms with van der Waals surface area (Å²) < 4.78 is 0. The maximum atomic E-state index is 2.43. The van der Waals surface area contributed by atoms with Crippen LogP contribution < -0.4 is 0 Å². The molecule has 0 aromatic rings. The highest BCUT2D eigenvalue weighted by Crippen LogP contribution is 2.62. The van der Waals surface area contributed by atoms with Crippen LogP contribution in [0.1, 0.15) is 79.1 Å². The van der Waals surface area contributed by atoms with Crippen LogP contribution in [0.2, 0.25) is 0 Å². The Bertz CT molecular complexity index is 236. The number of hydrogen-bond donors (Lipinski definition) is 0. The molecule has 0 spiro atoms. The second-order valence-electron chi connectivity index (χ2n) is 6.89. The summed E-state index contributed by atoms with van der Waals surface area (Å²) in [5.41, 5.74) is 1.26. The third-order valence-corrected chi connectivity index (χ3v) is 6.09. The van der Waals surface area contributed by atoms with Crippen molar-refractivity contribution < 1.29 is 0 Å². The SMILES string of the molecule is CCCC(CC)(CC)C1(CC(C)N(C)C)CCC1. The highest BCUT2D eigenvalue weighted by Gasteiger charge is 2.52. The topological polar surface area (TPSA) is 3.24 Å². The largest absolute Gasteiger partial charge is 0.307 e. The molecular weight excluding hydrogens is 218 g/mol. The Morgan fingerprint density at radius 2 is 1.67 bits per heavy atom. The Kier molecular flexibility index (Phi) is 5.70. The van der Waals surface area contributed by atoms with Gasteiger partial charge >= 0.3 is 0 Å². The molecule has 1 aliphatic carbocycles. The lowest BCUT2D eigenvalue weighted by atomic mass is 9.48. The van der Waals surface area contributed by atoms with Crippen LogP contribution in [-0.2, 0) is 0 Å².